The molecule has 0 bridgehead atoms. The molecule has 0 aliphatic heterocycles. The Morgan fingerprint density at radius 3 is 2.67 bits per heavy atom. The highest BCUT2D eigenvalue weighted by atomic mass is 35.5. The second-order valence-corrected chi connectivity index (χ2v) is 5.37. The zero-order valence-corrected chi connectivity index (χ0v) is 13.1. The molecule has 2 rings (SSSR count). The molecule has 0 aliphatic rings. The van der Waals surface area contributed by atoms with Crippen molar-refractivity contribution in [3.05, 3.63) is 46.7 Å². The van der Waals surface area contributed by atoms with E-state index in [1.54, 1.807) is 4.68 Å². The van der Waals surface area contributed by atoms with Crippen LogP contribution in [0.1, 0.15) is 17.8 Å². The van der Waals surface area contributed by atoms with Crippen LogP contribution in [-0.2, 0) is 13.5 Å². The Morgan fingerprint density at radius 1 is 1.38 bits per heavy atom. The molecule has 3 N–H and O–H groups in total. The molecule has 1 unspecified atom stereocenters. The predicted molar refractivity (Wildman–Crippen MR) is 84.3 cm³/mol. The molecule has 6 heteroatoms. The second kappa shape index (κ2) is 7.45. The third kappa shape index (κ3) is 4.20. The van der Waals surface area contributed by atoms with E-state index in [-0.39, 0.29) is 6.04 Å². The Hall–Kier alpha value is -1.56. The lowest BCUT2D eigenvalue weighted by Gasteiger charge is -2.16. The molecule has 114 valence electrons. The molecule has 1 heterocycles. The fourth-order valence-corrected chi connectivity index (χ4v) is 2.45. The summed E-state index contributed by atoms with van der Waals surface area (Å²) in [5, 5.41) is 5.02. The minimum absolute atomic E-state index is 0.0843. The third-order valence-corrected chi connectivity index (χ3v) is 3.91. The first kappa shape index (κ1) is 15.8. The lowest BCUT2D eigenvalue weighted by Crippen LogP contribution is -2.38. The van der Waals surface area contributed by atoms with Gasteiger partial charge >= 0.3 is 0 Å². The van der Waals surface area contributed by atoms with Gasteiger partial charge in [-0.15, -0.1) is 0 Å². The molecule has 0 amide bonds. The van der Waals surface area contributed by atoms with Gasteiger partial charge in [-0.1, -0.05) is 29.8 Å². The van der Waals surface area contributed by atoms with Gasteiger partial charge < -0.3 is 4.74 Å². The maximum atomic E-state index is 6.26. The maximum Gasteiger partial charge on any atom is 0.119 e. The Morgan fingerprint density at radius 2 is 2.10 bits per heavy atom. The number of para-hydroxylation sites is 1. The molecule has 0 saturated heterocycles. The van der Waals surface area contributed by atoms with Crippen LogP contribution in [0.2, 0.25) is 5.02 Å². The van der Waals surface area contributed by atoms with E-state index in [1.165, 1.54) is 0 Å². The molecule has 1 aromatic heterocycles. The van der Waals surface area contributed by atoms with Crippen LogP contribution in [0, 0.1) is 6.92 Å². The number of nitrogens with one attached hydrogen (secondary N) is 1. The fraction of sp³-hybridized carbons (Fsp3) is 0.400. The van der Waals surface area contributed by atoms with Crippen LogP contribution < -0.4 is 16.0 Å². The molecule has 1 atom stereocenters. The minimum Gasteiger partial charge on any atom is -0.494 e. The molecule has 0 aliphatic carbocycles. The lowest BCUT2D eigenvalue weighted by atomic mass is 10.1. The summed E-state index contributed by atoms with van der Waals surface area (Å²) in [4.78, 5) is 0. The molecular formula is C15H21ClN4O. The topological polar surface area (TPSA) is 65.1 Å². The van der Waals surface area contributed by atoms with Crippen molar-refractivity contribution in [2.24, 2.45) is 12.9 Å². The highest BCUT2D eigenvalue weighted by Gasteiger charge is 2.16. The molecule has 0 spiro atoms. The second-order valence-electron chi connectivity index (χ2n) is 4.99. The lowest BCUT2D eigenvalue weighted by molar-refractivity contribution is 0.284. The van der Waals surface area contributed by atoms with E-state index >= 15 is 0 Å². The van der Waals surface area contributed by atoms with Gasteiger partial charge in [-0.2, -0.15) is 5.10 Å². The van der Waals surface area contributed by atoms with E-state index in [2.05, 4.69) is 10.5 Å². The minimum atomic E-state index is 0.0843. The number of ether oxygens (including phenoxy) is 1. The Kier molecular flexibility index (Phi) is 5.61. The van der Waals surface area contributed by atoms with Crippen molar-refractivity contribution >= 4 is 11.6 Å². The number of rotatable bonds is 7. The zero-order chi connectivity index (χ0) is 15.2. The van der Waals surface area contributed by atoms with Gasteiger partial charge in [-0.05, 0) is 25.5 Å². The van der Waals surface area contributed by atoms with Gasteiger partial charge in [0.1, 0.15) is 5.75 Å². The Labute approximate surface area is 130 Å². The molecule has 2 aromatic rings. The summed E-state index contributed by atoms with van der Waals surface area (Å²) < 4.78 is 7.50. The number of halogens is 1. The summed E-state index contributed by atoms with van der Waals surface area (Å²) in [6.07, 6.45) is 1.50. The molecule has 0 saturated carbocycles. The number of nitrogens with two attached hydrogens (primary N) is 1. The van der Waals surface area contributed by atoms with Gasteiger partial charge in [0.05, 0.1) is 23.0 Å². The van der Waals surface area contributed by atoms with Crippen LogP contribution >= 0.6 is 11.6 Å². The largest absolute Gasteiger partial charge is 0.494 e. The standard InChI is InChI=1S/C15H21ClN4O/c1-11-15(16)14(20(2)19-11)10-12(18-17)8-9-21-13-6-4-3-5-7-13/h3-7,12,18H,8-10,17H2,1-2H3. The van der Waals surface area contributed by atoms with Gasteiger partial charge in [0, 0.05) is 19.5 Å². The number of aryl methyl sites for hydroxylation is 2. The van der Waals surface area contributed by atoms with E-state index in [4.69, 9.17) is 22.2 Å². The summed E-state index contributed by atoms with van der Waals surface area (Å²) in [6, 6.07) is 9.82. The predicted octanol–water partition coefficient (Wildman–Crippen LogP) is 2.23. The van der Waals surface area contributed by atoms with Crippen LogP contribution in [0.5, 0.6) is 5.75 Å². The maximum absolute atomic E-state index is 6.26. The average Bonchev–Trinajstić information content (AvgIpc) is 2.73. The summed E-state index contributed by atoms with van der Waals surface area (Å²) >= 11 is 6.26. The number of hydrazine groups is 1. The monoisotopic (exact) mass is 308 g/mol. The van der Waals surface area contributed by atoms with E-state index in [0.29, 0.717) is 18.1 Å². The summed E-state index contributed by atoms with van der Waals surface area (Å²) in [5.41, 5.74) is 4.64. The molecule has 0 fully saturated rings. The van der Waals surface area contributed by atoms with Crippen molar-refractivity contribution in [1.82, 2.24) is 15.2 Å². The SMILES string of the molecule is Cc1nn(C)c(CC(CCOc2ccccc2)NN)c1Cl. The van der Waals surface area contributed by atoms with E-state index in [1.807, 2.05) is 44.3 Å². The molecule has 1 aromatic carbocycles. The first-order valence-electron chi connectivity index (χ1n) is 6.93. The Bertz CT molecular complexity index is 571. The Balaban J connectivity index is 1.88. The van der Waals surface area contributed by atoms with Crippen LogP contribution in [0.3, 0.4) is 0 Å². The smallest absolute Gasteiger partial charge is 0.119 e. The number of benzene rings is 1. The van der Waals surface area contributed by atoms with Gasteiger partial charge in [-0.3, -0.25) is 16.0 Å². The van der Waals surface area contributed by atoms with E-state index in [9.17, 15) is 0 Å². The van der Waals surface area contributed by atoms with Gasteiger partial charge in [0.25, 0.3) is 0 Å². The van der Waals surface area contributed by atoms with Gasteiger partial charge in [-0.25, -0.2) is 0 Å². The van der Waals surface area contributed by atoms with Gasteiger partial charge in [0.15, 0.2) is 0 Å². The van der Waals surface area contributed by atoms with Crippen LogP contribution in [0.4, 0.5) is 0 Å². The van der Waals surface area contributed by atoms with Crippen LogP contribution in [-0.4, -0.2) is 22.4 Å². The molecule has 5 nitrogen and oxygen atoms in total. The van der Waals surface area contributed by atoms with Crippen molar-refractivity contribution < 1.29 is 4.74 Å². The van der Waals surface area contributed by atoms with E-state index < -0.39 is 0 Å². The van der Waals surface area contributed by atoms with Gasteiger partial charge in [0.2, 0.25) is 0 Å². The fourth-order valence-electron chi connectivity index (χ4n) is 2.22. The van der Waals surface area contributed by atoms with Crippen molar-refractivity contribution in [2.75, 3.05) is 6.61 Å². The van der Waals surface area contributed by atoms with Crippen molar-refractivity contribution in [1.29, 1.82) is 0 Å². The first-order chi connectivity index (χ1) is 10.1. The normalized spacial score (nSPS) is 12.4. The quantitative estimate of drug-likeness (QED) is 0.608. The highest BCUT2D eigenvalue weighted by Crippen LogP contribution is 2.21. The molecule has 21 heavy (non-hydrogen) atoms. The van der Waals surface area contributed by atoms with Crippen LogP contribution in [0.25, 0.3) is 0 Å². The van der Waals surface area contributed by atoms with E-state index in [0.717, 1.165) is 23.6 Å². The number of hydrogen-bond donors (Lipinski definition) is 2. The zero-order valence-electron chi connectivity index (χ0n) is 12.3. The first-order valence-corrected chi connectivity index (χ1v) is 7.31. The third-order valence-electron chi connectivity index (χ3n) is 3.42. The summed E-state index contributed by atoms with van der Waals surface area (Å²) in [7, 11) is 1.89. The number of hydrogen-bond acceptors (Lipinski definition) is 4. The van der Waals surface area contributed by atoms with Crippen molar-refractivity contribution in [3.63, 3.8) is 0 Å². The van der Waals surface area contributed by atoms with Crippen molar-refractivity contribution in [3.8, 4) is 5.75 Å². The molecular weight excluding hydrogens is 288 g/mol. The summed E-state index contributed by atoms with van der Waals surface area (Å²) in [5.74, 6) is 6.49. The summed E-state index contributed by atoms with van der Waals surface area (Å²) in [6.45, 7) is 2.49. The highest BCUT2D eigenvalue weighted by molar-refractivity contribution is 6.31. The average molecular weight is 309 g/mol. The number of aromatic nitrogens is 2. The molecule has 0 radical (unpaired) electrons. The van der Waals surface area contributed by atoms with Crippen molar-refractivity contribution in [2.45, 2.75) is 25.8 Å². The number of nitrogens with zero attached hydrogens (tertiary/aromatic N) is 2. The van der Waals surface area contributed by atoms with Crippen LogP contribution in [0.15, 0.2) is 30.3 Å².